The second-order valence-corrected chi connectivity index (χ2v) is 6.81. The molecule has 2 aromatic heterocycles. The molecule has 0 spiro atoms. The number of fused-ring (bicyclic) bond motifs is 1. The minimum absolute atomic E-state index is 0.280. The van der Waals surface area contributed by atoms with E-state index in [1.165, 1.54) is 36.7 Å². The minimum atomic E-state index is 0.280. The topological polar surface area (TPSA) is 63.1 Å². The molecule has 5 nitrogen and oxygen atoms in total. The van der Waals surface area contributed by atoms with Crippen molar-refractivity contribution in [3.8, 4) is 0 Å². The van der Waals surface area contributed by atoms with Crippen molar-refractivity contribution in [2.24, 2.45) is 11.0 Å². The van der Waals surface area contributed by atoms with E-state index in [0.717, 1.165) is 35.8 Å². The molecular weight excluding hydrogens is 309 g/mol. The van der Waals surface area contributed by atoms with Crippen molar-refractivity contribution in [2.45, 2.75) is 38.5 Å². The average molecular weight is 331 g/mol. The molecule has 0 amide bonds. The molecule has 25 heavy (non-hydrogen) atoms. The summed E-state index contributed by atoms with van der Waals surface area (Å²) in [6.45, 7) is 0. The molecule has 0 aromatic carbocycles. The molecule has 1 aliphatic carbocycles. The lowest BCUT2D eigenvalue weighted by atomic mass is 9.80. The highest BCUT2D eigenvalue weighted by molar-refractivity contribution is 6.32. The van der Waals surface area contributed by atoms with Crippen LogP contribution in [0.25, 0.3) is 5.70 Å². The number of allylic oxidation sites excluding steroid dienone is 1. The third-order valence-electron chi connectivity index (χ3n) is 5.01. The van der Waals surface area contributed by atoms with E-state index in [1.807, 2.05) is 12.3 Å². The van der Waals surface area contributed by atoms with E-state index in [0.29, 0.717) is 0 Å². The summed E-state index contributed by atoms with van der Waals surface area (Å²) >= 11 is 0. The van der Waals surface area contributed by atoms with Gasteiger partial charge in [0, 0.05) is 24.5 Å². The summed E-state index contributed by atoms with van der Waals surface area (Å²) in [7, 11) is 2.06. The van der Waals surface area contributed by atoms with Crippen molar-refractivity contribution in [3.63, 3.8) is 0 Å². The molecule has 1 aliphatic heterocycles. The normalized spacial score (nSPS) is 20.8. The van der Waals surface area contributed by atoms with Gasteiger partial charge in [-0.05, 0) is 37.0 Å². The molecule has 1 atom stereocenters. The number of rotatable bonds is 2. The summed E-state index contributed by atoms with van der Waals surface area (Å²) in [5, 5.41) is 4.68. The van der Waals surface area contributed by atoms with Crippen LogP contribution in [0, 0.1) is 5.92 Å². The molecule has 1 unspecified atom stereocenters. The van der Waals surface area contributed by atoms with Gasteiger partial charge in [0.05, 0.1) is 11.4 Å². The summed E-state index contributed by atoms with van der Waals surface area (Å²) in [4.78, 5) is 13.5. The zero-order valence-corrected chi connectivity index (χ0v) is 14.6. The zero-order chi connectivity index (χ0) is 17.1. The lowest BCUT2D eigenvalue weighted by Gasteiger charge is -2.30. The SMILES string of the molecule is Bc1ccc(C2=C3CCCCCCC3C(c3ncccn3)=NN2)nc1. The summed E-state index contributed by atoms with van der Waals surface area (Å²) < 4.78 is 0. The smallest absolute Gasteiger partial charge is 0.176 e. The van der Waals surface area contributed by atoms with Crippen molar-refractivity contribution in [1.82, 2.24) is 20.4 Å². The molecule has 1 N–H and O–H groups in total. The van der Waals surface area contributed by atoms with E-state index in [1.54, 1.807) is 12.4 Å². The highest BCUT2D eigenvalue weighted by Gasteiger charge is 2.31. The highest BCUT2D eigenvalue weighted by Crippen LogP contribution is 2.36. The molecule has 3 heterocycles. The summed E-state index contributed by atoms with van der Waals surface area (Å²) in [5.41, 5.74) is 8.87. The monoisotopic (exact) mass is 331 g/mol. The second kappa shape index (κ2) is 7.17. The maximum atomic E-state index is 4.68. The van der Waals surface area contributed by atoms with Crippen LogP contribution in [-0.4, -0.2) is 28.5 Å². The van der Waals surface area contributed by atoms with Gasteiger partial charge < -0.3 is 0 Å². The molecule has 0 radical (unpaired) electrons. The first kappa shape index (κ1) is 16.0. The molecule has 1 saturated carbocycles. The van der Waals surface area contributed by atoms with Crippen molar-refractivity contribution >= 4 is 24.7 Å². The van der Waals surface area contributed by atoms with Gasteiger partial charge in [-0.1, -0.05) is 30.8 Å². The highest BCUT2D eigenvalue weighted by atomic mass is 15.3. The van der Waals surface area contributed by atoms with Gasteiger partial charge in [-0.2, -0.15) is 5.10 Å². The Balaban J connectivity index is 1.76. The Morgan fingerprint density at radius 3 is 2.64 bits per heavy atom. The molecule has 2 aromatic rings. The number of nitrogens with one attached hydrogen (secondary N) is 1. The number of pyridine rings is 1. The van der Waals surface area contributed by atoms with Crippen molar-refractivity contribution in [3.05, 3.63) is 53.9 Å². The van der Waals surface area contributed by atoms with Crippen LogP contribution in [0.4, 0.5) is 0 Å². The summed E-state index contributed by atoms with van der Waals surface area (Å²) in [6, 6.07) is 6.03. The first-order valence-electron chi connectivity index (χ1n) is 9.10. The molecule has 2 aliphatic rings. The summed E-state index contributed by atoms with van der Waals surface area (Å²) in [6.07, 6.45) is 12.7. The number of hydrogen-bond donors (Lipinski definition) is 1. The van der Waals surface area contributed by atoms with Crippen LogP contribution in [-0.2, 0) is 0 Å². The maximum absolute atomic E-state index is 4.68. The minimum Gasteiger partial charge on any atom is -0.276 e. The van der Waals surface area contributed by atoms with Crippen LogP contribution in [0.3, 0.4) is 0 Å². The summed E-state index contributed by atoms with van der Waals surface area (Å²) in [5.74, 6) is 1.01. The Morgan fingerprint density at radius 2 is 1.84 bits per heavy atom. The van der Waals surface area contributed by atoms with E-state index < -0.39 is 0 Å². The third kappa shape index (κ3) is 3.34. The van der Waals surface area contributed by atoms with Gasteiger partial charge in [0.25, 0.3) is 0 Å². The predicted molar refractivity (Wildman–Crippen MR) is 102 cm³/mol. The van der Waals surface area contributed by atoms with Crippen molar-refractivity contribution < 1.29 is 0 Å². The maximum Gasteiger partial charge on any atom is 0.176 e. The number of hydrazone groups is 1. The second-order valence-electron chi connectivity index (χ2n) is 6.81. The molecule has 126 valence electrons. The van der Waals surface area contributed by atoms with Crippen molar-refractivity contribution in [1.29, 1.82) is 0 Å². The van der Waals surface area contributed by atoms with Gasteiger partial charge in [-0.15, -0.1) is 0 Å². The third-order valence-corrected chi connectivity index (χ3v) is 5.01. The number of hydrogen-bond acceptors (Lipinski definition) is 5. The van der Waals surface area contributed by atoms with E-state index in [-0.39, 0.29) is 5.92 Å². The first-order valence-corrected chi connectivity index (χ1v) is 9.10. The van der Waals surface area contributed by atoms with Crippen LogP contribution < -0.4 is 10.9 Å². The van der Waals surface area contributed by atoms with Crippen molar-refractivity contribution in [2.75, 3.05) is 0 Å². The average Bonchev–Trinajstić information content (AvgIpc) is 2.63. The molecule has 6 heteroatoms. The fraction of sp³-hybridized carbons (Fsp3) is 0.368. The Labute approximate surface area is 149 Å². The first-order chi connectivity index (χ1) is 12.3. The number of nitrogens with zero attached hydrogens (tertiary/aromatic N) is 4. The van der Waals surface area contributed by atoms with Gasteiger partial charge in [-0.3, -0.25) is 10.4 Å². The molecule has 4 rings (SSSR count). The Hall–Kier alpha value is -2.50. The zero-order valence-electron chi connectivity index (χ0n) is 14.6. The Morgan fingerprint density at radius 1 is 1.00 bits per heavy atom. The Bertz CT molecular complexity index is 798. The van der Waals surface area contributed by atoms with Crippen LogP contribution in [0.2, 0.25) is 0 Å². The van der Waals surface area contributed by atoms with Gasteiger partial charge in [0.15, 0.2) is 5.82 Å². The van der Waals surface area contributed by atoms with E-state index in [4.69, 9.17) is 0 Å². The lowest BCUT2D eigenvalue weighted by Crippen LogP contribution is -2.31. The van der Waals surface area contributed by atoms with Gasteiger partial charge >= 0.3 is 0 Å². The van der Waals surface area contributed by atoms with Gasteiger partial charge in [-0.25, -0.2) is 9.97 Å². The van der Waals surface area contributed by atoms with Gasteiger partial charge in [0.2, 0.25) is 0 Å². The quantitative estimate of drug-likeness (QED) is 0.853. The van der Waals surface area contributed by atoms with Crippen LogP contribution in [0.1, 0.15) is 50.0 Å². The fourth-order valence-electron chi connectivity index (χ4n) is 3.71. The van der Waals surface area contributed by atoms with E-state index >= 15 is 0 Å². The van der Waals surface area contributed by atoms with Gasteiger partial charge in [0.1, 0.15) is 13.6 Å². The molecule has 0 saturated heterocycles. The van der Waals surface area contributed by atoms with Crippen LogP contribution in [0.5, 0.6) is 0 Å². The fourth-order valence-corrected chi connectivity index (χ4v) is 3.71. The standard InChI is InChI=1S/C19H22BN5/c20-13-8-9-16(23-12-13)17-14-6-3-1-2-4-7-15(14)18(25-24-17)19-21-10-5-11-22-19/h5,8-12,15,24H,1-4,6-7,20H2. The predicted octanol–water partition coefficient (Wildman–Crippen LogP) is 1.82. The largest absolute Gasteiger partial charge is 0.276 e. The number of aromatic nitrogens is 3. The van der Waals surface area contributed by atoms with Crippen LogP contribution in [0.15, 0.2) is 47.5 Å². The van der Waals surface area contributed by atoms with E-state index in [9.17, 15) is 0 Å². The lowest BCUT2D eigenvalue weighted by molar-refractivity contribution is 0.520. The molecule has 1 fully saturated rings. The van der Waals surface area contributed by atoms with E-state index in [2.05, 4.69) is 45.5 Å². The van der Waals surface area contributed by atoms with Crippen LogP contribution >= 0.6 is 0 Å². The molecule has 0 bridgehead atoms. The molecular formula is C19H22BN5. The Kier molecular flexibility index (Phi) is 4.59.